The fourth-order valence-electron chi connectivity index (χ4n) is 1.42. The monoisotopic (exact) mass is 225 g/mol. The Hall–Kier alpha value is -1.20. The van der Waals surface area contributed by atoms with Crippen molar-refractivity contribution >= 4 is 0 Å². The van der Waals surface area contributed by atoms with E-state index in [1.165, 1.54) is 4.68 Å². The Bertz CT molecular complexity index is 376. The summed E-state index contributed by atoms with van der Waals surface area (Å²) in [5.41, 5.74) is 0.836. The van der Waals surface area contributed by atoms with Crippen molar-refractivity contribution in [3.05, 3.63) is 28.2 Å². The molecule has 1 unspecified atom stereocenters. The zero-order chi connectivity index (χ0) is 12.0. The molecule has 0 spiro atoms. The van der Waals surface area contributed by atoms with Crippen LogP contribution in [0.3, 0.4) is 0 Å². The van der Waals surface area contributed by atoms with E-state index in [1.807, 2.05) is 13.8 Å². The third-order valence-electron chi connectivity index (χ3n) is 2.24. The summed E-state index contributed by atoms with van der Waals surface area (Å²) in [7, 11) is 1.67. The van der Waals surface area contributed by atoms with Crippen molar-refractivity contribution in [2.75, 3.05) is 20.3 Å². The first-order valence-corrected chi connectivity index (χ1v) is 5.39. The van der Waals surface area contributed by atoms with Gasteiger partial charge >= 0.3 is 0 Å². The van der Waals surface area contributed by atoms with Gasteiger partial charge in [0.25, 0.3) is 5.56 Å². The van der Waals surface area contributed by atoms with Crippen LogP contribution >= 0.6 is 0 Å². The first kappa shape index (κ1) is 12.9. The van der Waals surface area contributed by atoms with Gasteiger partial charge in [-0.3, -0.25) is 4.79 Å². The van der Waals surface area contributed by atoms with Crippen molar-refractivity contribution in [2.45, 2.75) is 26.4 Å². The Labute approximate surface area is 95.4 Å². The van der Waals surface area contributed by atoms with E-state index < -0.39 is 0 Å². The van der Waals surface area contributed by atoms with Gasteiger partial charge in [0.1, 0.15) is 0 Å². The number of nitrogens with one attached hydrogen (secondary N) is 1. The van der Waals surface area contributed by atoms with Crippen LogP contribution in [0, 0.1) is 6.92 Å². The number of methoxy groups -OCH3 is 1. The van der Waals surface area contributed by atoms with Crippen LogP contribution in [0.2, 0.25) is 0 Å². The average molecular weight is 225 g/mol. The van der Waals surface area contributed by atoms with E-state index in [0.717, 1.165) is 5.56 Å². The summed E-state index contributed by atoms with van der Waals surface area (Å²) in [5, 5.41) is 7.30. The van der Waals surface area contributed by atoms with Crippen LogP contribution in [0.15, 0.2) is 17.1 Å². The minimum atomic E-state index is -0.0544. The fraction of sp³-hybridized carbons (Fsp3) is 0.636. The second-order valence-electron chi connectivity index (χ2n) is 3.90. The highest BCUT2D eigenvalue weighted by Gasteiger charge is 2.01. The zero-order valence-corrected chi connectivity index (χ0v) is 10.1. The molecule has 5 nitrogen and oxygen atoms in total. The standard InChI is InChI=1S/C11H19N3O2/c1-9-6-11(15)14(13-7-9)5-4-12-10(2)8-16-3/h6-7,10,12H,4-5,8H2,1-3H3. The molecule has 1 N–H and O–H groups in total. The molecule has 0 fully saturated rings. The van der Waals surface area contributed by atoms with Gasteiger partial charge in [-0.05, 0) is 19.4 Å². The van der Waals surface area contributed by atoms with Crippen LogP contribution in [0.5, 0.6) is 0 Å². The smallest absolute Gasteiger partial charge is 0.267 e. The third-order valence-corrected chi connectivity index (χ3v) is 2.24. The van der Waals surface area contributed by atoms with Crippen LogP contribution in [-0.2, 0) is 11.3 Å². The molecule has 1 heterocycles. The van der Waals surface area contributed by atoms with E-state index in [4.69, 9.17) is 4.74 Å². The molecule has 0 bridgehead atoms. The number of rotatable bonds is 6. The number of ether oxygens (including phenoxy) is 1. The second kappa shape index (κ2) is 6.40. The number of aromatic nitrogens is 2. The van der Waals surface area contributed by atoms with Crippen molar-refractivity contribution in [3.8, 4) is 0 Å². The highest BCUT2D eigenvalue weighted by molar-refractivity contribution is 5.02. The zero-order valence-electron chi connectivity index (χ0n) is 10.1. The fourth-order valence-corrected chi connectivity index (χ4v) is 1.42. The third kappa shape index (κ3) is 4.12. The van der Waals surface area contributed by atoms with E-state index >= 15 is 0 Å². The number of aryl methyl sites for hydroxylation is 1. The Morgan fingerprint density at radius 3 is 3.00 bits per heavy atom. The molecular formula is C11H19N3O2. The predicted octanol–water partition coefficient (Wildman–Crippen LogP) is 0.176. The Balaban J connectivity index is 2.40. The van der Waals surface area contributed by atoms with Crippen LogP contribution in [0.1, 0.15) is 12.5 Å². The van der Waals surface area contributed by atoms with Gasteiger partial charge in [0.2, 0.25) is 0 Å². The molecule has 90 valence electrons. The molecule has 0 amide bonds. The number of nitrogens with zero attached hydrogens (tertiary/aromatic N) is 2. The maximum atomic E-state index is 11.5. The lowest BCUT2D eigenvalue weighted by molar-refractivity contribution is 0.171. The Morgan fingerprint density at radius 2 is 2.38 bits per heavy atom. The molecule has 0 aliphatic heterocycles. The van der Waals surface area contributed by atoms with Crippen molar-refractivity contribution in [1.29, 1.82) is 0 Å². The van der Waals surface area contributed by atoms with E-state index in [1.54, 1.807) is 19.4 Å². The van der Waals surface area contributed by atoms with Gasteiger partial charge in [-0.15, -0.1) is 0 Å². The van der Waals surface area contributed by atoms with Crippen LogP contribution in [-0.4, -0.2) is 36.1 Å². The van der Waals surface area contributed by atoms with Crippen LogP contribution in [0.4, 0.5) is 0 Å². The molecule has 16 heavy (non-hydrogen) atoms. The molecule has 0 saturated carbocycles. The minimum Gasteiger partial charge on any atom is -0.383 e. The summed E-state index contributed by atoms with van der Waals surface area (Å²) in [6.45, 7) is 5.84. The lowest BCUT2D eigenvalue weighted by Crippen LogP contribution is -2.35. The SMILES string of the molecule is COCC(C)NCCn1ncc(C)cc1=O. The average Bonchev–Trinajstić information content (AvgIpc) is 2.22. The summed E-state index contributed by atoms with van der Waals surface area (Å²) < 4.78 is 6.46. The molecule has 0 aliphatic carbocycles. The molecule has 1 rings (SSSR count). The lowest BCUT2D eigenvalue weighted by atomic mass is 10.3. The first-order valence-electron chi connectivity index (χ1n) is 5.39. The summed E-state index contributed by atoms with van der Waals surface area (Å²) in [6, 6.07) is 1.87. The molecule has 0 saturated heterocycles. The highest BCUT2D eigenvalue weighted by Crippen LogP contribution is 1.87. The van der Waals surface area contributed by atoms with E-state index in [9.17, 15) is 4.79 Å². The first-order chi connectivity index (χ1) is 7.63. The van der Waals surface area contributed by atoms with E-state index in [0.29, 0.717) is 19.7 Å². The maximum Gasteiger partial charge on any atom is 0.267 e. The number of hydrogen-bond donors (Lipinski definition) is 1. The maximum absolute atomic E-state index is 11.5. The molecule has 1 aromatic heterocycles. The van der Waals surface area contributed by atoms with Gasteiger partial charge in [-0.1, -0.05) is 0 Å². The van der Waals surface area contributed by atoms with E-state index in [2.05, 4.69) is 10.4 Å². The molecule has 0 aliphatic rings. The van der Waals surface area contributed by atoms with Gasteiger partial charge in [0, 0.05) is 25.8 Å². The Morgan fingerprint density at radius 1 is 1.62 bits per heavy atom. The summed E-state index contributed by atoms with van der Waals surface area (Å²) in [5.74, 6) is 0. The second-order valence-corrected chi connectivity index (χ2v) is 3.90. The van der Waals surface area contributed by atoms with Crippen molar-refractivity contribution < 1.29 is 4.74 Å². The van der Waals surface area contributed by atoms with Gasteiger partial charge in [-0.2, -0.15) is 5.10 Å². The van der Waals surface area contributed by atoms with Crippen molar-refractivity contribution in [1.82, 2.24) is 15.1 Å². The largest absolute Gasteiger partial charge is 0.383 e. The molecule has 0 radical (unpaired) electrons. The predicted molar refractivity (Wildman–Crippen MR) is 62.6 cm³/mol. The molecule has 1 aromatic rings. The topological polar surface area (TPSA) is 56.1 Å². The molecule has 5 heteroatoms. The summed E-state index contributed by atoms with van der Waals surface area (Å²) in [6.07, 6.45) is 1.69. The van der Waals surface area contributed by atoms with E-state index in [-0.39, 0.29) is 11.6 Å². The lowest BCUT2D eigenvalue weighted by Gasteiger charge is -2.12. The van der Waals surface area contributed by atoms with Crippen LogP contribution in [0.25, 0.3) is 0 Å². The molecule has 0 aromatic carbocycles. The van der Waals surface area contributed by atoms with Crippen molar-refractivity contribution in [3.63, 3.8) is 0 Å². The minimum absolute atomic E-state index is 0.0544. The molecular weight excluding hydrogens is 206 g/mol. The quantitative estimate of drug-likeness (QED) is 0.750. The van der Waals surface area contributed by atoms with Gasteiger partial charge in [0.15, 0.2) is 0 Å². The molecule has 1 atom stereocenters. The van der Waals surface area contributed by atoms with Gasteiger partial charge < -0.3 is 10.1 Å². The Kier molecular flexibility index (Phi) is 5.14. The highest BCUT2D eigenvalue weighted by atomic mass is 16.5. The summed E-state index contributed by atoms with van der Waals surface area (Å²) >= 11 is 0. The van der Waals surface area contributed by atoms with Crippen LogP contribution < -0.4 is 10.9 Å². The van der Waals surface area contributed by atoms with Crippen molar-refractivity contribution in [2.24, 2.45) is 0 Å². The normalized spacial score (nSPS) is 12.7. The van der Waals surface area contributed by atoms with Gasteiger partial charge in [-0.25, -0.2) is 4.68 Å². The summed E-state index contributed by atoms with van der Waals surface area (Å²) in [4.78, 5) is 11.5. The van der Waals surface area contributed by atoms with Gasteiger partial charge in [0.05, 0.1) is 19.3 Å². The number of hydrogen-bond acceptors (Lipinski definition) is 4.